The van der Waals surface area contributed by atoms with E-state index in [1.165, 1.54) is 0 Å². The minimum absolute atomic E-state index is 0.00384. The van der Waals surface area contributed by atoms with Gasteiger partial charge in [0.25, 0.3) is 5.91 Å². The van der Waals surface area contributed by atoms with Gasteiger partial charge in [-0.1, -0.05) is 24.3 Å². The number of carbonyl (C=O) groups is 2. The number of para-hydroxylation sites is 1. The lowest BCUT2D eigenvalue weighted by Crippen LogP contribution is -2.68. The highest BCUT2D eigenvalue weighted by Crippen LogP contribution is 2.51. The third-order valence-corrected chi connectivity index (χ3v) is 7.08. The van der Waals surface area contributed by atoms with Crippen molar-refractivity contribution in [3.63, 3.8) is 0 Å². The monoisotopic (exact) mass is 405 g/mol. The summed E-state index contributed by atoms with van der Waals surface area (Å²) < 4.78 is 5.26. The van der Waals surface area contributed by atoms with E-state index in [0.29, 0.717) is 12.1 Å². The Morgan fingerprint density at radius 3 is 2.83 bits per heavy atom. The summed E-state index contributed by atoms with van der Waals surface area (Å²) in [6.07, 6.45) is 3.64. The van der Waals surface area contributed by atoms with Crippen LogP contribution in [-0.4, -0.2) is 24.6 Å². The summed E-state index contributed by atoms with van der Waals surface area (Å²) in [6, 6.07) is 15.4. The van der Waals surface area contributed by atoms with Crippen LogP contribution in [0.15, 0.2) is 48.5 Å². The first-order chi connectivity index (χ1) is 14.6. The lowest BCUT2D eigenvalue weighted by molar-refractivity contribution is -0.132. The maximum absolute atomic E-state index is 13.0. The molecule has 6 heteroatoms. The molecular formula is C24H27N3O3. The van der Waals surface area contributed by atoms with Gasteiger partial charge in [0.05, 0.1) is 12.7 Å². The largest absolute Gasteiger partial charge is 0.497 e. The summed E-state index contributed by atoms with van der Waals surface area (Å²) in [5.41, 5.74) is 2.18. The lowest BCUT2D eigenvalue weighted by Gasteiger charge is -2.56. The van der Waals surface area contributed by atoms with Gasteiger partial charge in [0.2, 0.25) is 5.91 Å². The fraction of sp³-hybridized carbons (Fsp3) is 0.417. The minimum atomic E-state index is -0.433. The van der Waals surface area contributed by atoms with Gasteiger partial charge in [-0.2, -0.15) is 0 Å². The highest BCUT2D eigenvalue weighted by molar-refractivity contribution is 6.02. The fourth-order valence-electron chi connectivity index (χ4n) is 5.57. The molecule has 30 heavy (non-hydrogen) atoms. The van der Waals surface area contributed by atoms with Crippen LogP contribution < -0.4 is 20.7 Å². The number of benzene rings is 2. The molecule has 3 fully saturated rings. The quantitative estimate of drug-likeness (QED) is 0.729. The molecule has 2 aromatic carbocycles. The van der Waals surface area contributed by atoms with E-state index >= 15 is 0 Å². The van der Waals surface area contributed by atoms with Crippen LogP contribution in [0.2, 0.25) is 0 Å². The molecule has 1 heterocycles. The van der Waals surface area contributed by atoms with Crippen LogP contribution in [0.3, 0.4) is 0 Å². The maximum atomic E-state index is 13.0. The highest BCUT2D eigenvalue weighted by Gasteiger charge is 2.55. The number of nitrogens with one attached hydrogen (secondary N) is 3. The standard InChI is InChI=1S/C24H27N3O3/c1-30-18-6-4-5-15(11-18)14-25-22(28)20-12-17-10-9-16(20)13-24(17)26-21-8-3-2-7-19(21)23(29)27-24/h2-8,11,16-17,20,26H,9-10,12-14H2,1H3,(H,25,28)(H,27,29)/t16-,17+,20-,24+/m0/s1. The Morgan fingerprint density at radius 1 is 1.17 bits per heavy atom. The van der Waals surface area contributed by atoms with E-state index in [0.717, 1.165) is 42.7 Å². The number of amides is 2. The third-order valence-electron chi connectivity index (χ3n) is 7.08. The second-order valence-electron chi connectivity index (χ2n) is 8.75. The molecule has 6 nitrogen and oxygen atoms in total. The zero-order valence-corrected chi connectivity index (χ0v) is 17.1. The van der Waals surface area contributed by atoms with E-state index in [1.807, 2.05) is 48.5 Å². The molecule has 0 radical (unpaired) electrons. The maximum Gasteiger partial charge on any atom is 0.255 e. The van der Waals surface area contributed by atoms with Gasteiger partial charge in [0.15, 0.2) is 0 Å². The number of carbonyl (C=O) groups excluding carboxylic acids is 2. The molecule has 4 atom stereocenters. The first-order valence-electron chi connectivity index (χ1n) is 10.7. The lowest BCUT2D eigenvalue weighted by atomic mass is 9.58. The van der Waals surface area contributed by atoms with E-state index in [4.69, 9.17) is 4.74 Å². The Balaban J connectivity index is 1.28. The number of hydrogen-bond donors (Lipinski definition) is 3. The van der Waals surface area contributed by atoms with Gasteiger partial charge in [-0.3, -0.25) is 9.59 Å². The zero-order valence-electron chi connectivity index (χ0n) is 17.1. The van der Waals surface area contributed by atoms with Crippen molar-refractivity contribution in [3.05, 3.63) is 59.7 Å². The Bertz CT molecular complexity index is 991. The molecule has 1 aliphatic heterocycles. The Morgan fingerprint density at radius 2 is 2.03 bits per heavy atom. The summed E-state index contributed by atoms with van der Waals surface area (Å²) in [5, 5.41) is 10.00. The molecule has 2 amide bonds. The van der Waals surface area contributed by atoms with E-state index in [9.17, 15) is 9.59 Å². The molecule has 3 N–H and O–H groups in total. The predicted molar refractivity (Wildman–Crippen MR) is 114 cm³/mol. The molecule has 3 aliphatic carbocycles. The number of rotatable bonds is 4. The van der Waals surface area contributed by atoms with Crippen LogP contribution in [0.5, 0.6) is 5.75 Å². The predicted octanol–water partition coefficient (Wildman–Crippen LogP) is 3.30. The van der Waals surface area contributed by atoms with Crippen molar-refractivity contribution in [2.45, 2.75) is 37.9 Å². The van der Waals surface area contributed by atoms with Gasteiger partial charge in [0.1, 0.15) is 11.4 Å². The number of ether oxygens (including phenoxy) is 1. The van der Waals surface area contributed by atoms with E-state index in [2.05, 4.69) is 16.0 Å². The molecule has 0 aromatic heterocycles. The van der Waals surface area contributed by atoms with Gasteiger partial charge >= 0.3 is 0 Å². The summed E-state index contributed by atoms with van der Waals surface area (Å²) >= 11 is 0. The molecular weight excluding hydrogens is 378 g/mol. The summed E-state index contributed by atoms with van der Waals surface area (Å²) in [5.74, 6) is 1.39. The van der Waals surface area contributed by atoms with Gasteiger partial charge in [-0.15, -0.1) is 0 Å². The first kappa shape index (κ1) is 19.0. The first-order valence-corrected chi connectivity index (χ1v) is 10.7. The van der Waals surface area contributed by atoms with Crippen molar-refractivity contribution in [2.24, 2.45) is 17.8 Å². The second-order valence-corrected chi connectivity index (χ2v) is 8.75. The Labute approximate surface area is 176 Å². The molecule has 4 aliphatic rings. The third kappa shape index (κ3) is 3.20. The van der Waals surface area contributed by atoms with Crippen molar-refractivity contribution in [1.29, 1.82) is 0 Å². The molecule has 0 saturated heterocycles. The number of hydrogen-bond acceptors (Lipinski definition) is 4. The second kappa shape index (κ2) is 7.35. The smallest absolute Gasteiger partial charge is 0.255 e. The number of anilines is 1. The molecule has 2 bridgehead atoms. The molecule has 3 saturated carbocycles. The Hall–Kier alpha value is -3.02. The number of methoxy groups -OCH3 is 1. The number of fused-ring (bicyclic) bond motifs is 3. The zero-order chi connectivity index (χ0) is 20.7. The van der Waals surface area contributed by atoms with Crippen LogP contribution in [0, 0.1) is 17.8 Å². The van der Waals surface area contributed by atoms with Crippen molar-refractivity contribution in [2.75, 3.05) is 12.4 Å². The summed E-state index contributed by atoms with van der Waals surface area (Å²) in [7, 11) is 1.64. The van der Waals surface area contributed by atoms with Crippen molar-refractivity contribution < 1.29 is 14.3 Å². The van der Waals surface area contributed by atoms with E-state index < -0.39 is 5.66 Å². The van der Waals surface area contributed by atoms with Gasteiger partial charge in [0, 0.05) is 24.1 Å². The van der Waals surface area contributed by atoms with E-state index in [-0.39, 0.29) is 29.6 Å². The van der Waals surface area contributed by atoms with Crippen molar-refractivity contribution in [3.8, 4) is 5.75 Å². The molecule has 2 aromatic rings. The van der Waals surface area contributed by atoms with E-state index in [1.54, 1.807) is 7.11 Å². The van der Waals surface area contributed by atoms with Crippen LogP contribution >= 0.6 is 0 Å². The molecule has 0 unspecified atom stereocenters. The molecule has 6 rings (SSSR count). The van der Waals surface area contributed by atoms with Crippen LogP contribution in [0.1, 0.15) is 41.6 Å². The van der Waals surface area contributed by atoms with Crippen LogP contribution in [0.25, 0.3) is 0 Å². The normalized spacial score (nSPS) is 29.0. The van der Waals surface area contributed by atoms with Gasteiger partial charge in [-0.05, 0) is 61.4 Å². The van der Waals surface area contributed by atoms with Crippen LogP contribution in [-0.2, 0) is 11.3 Å². The SMILES string of the molecule is COc1cccc(CNC(=O)[C@H]2C[C@H]3CC[C@H]2C[C@@]32NC(=O)c3ccccc3N2)c1. The summed E-state index contributed by atoms with van der Waals surface area (Å²) in [6.45, 7) is 0.497. The minimum Gasteiger partial charge on any atom is -0.497 e. The average molecular weight is 405 g/mol. The van der Waals surface area contributed by atoms with Crippen molar-refractivity contribution >= 4 is 17.5 Å². The van der Waals surface area contributed by atoms with Crippen LogP contribution in [0.4, 0.5) is 5.69 Å². The topological polar surface area (TPSA) is 79.5 Å². The van der Waals surface area contributed by atoms with Gasteiger partial charge in [-0.25, -0.2) is 0 Å². The summed E-state index contributed by atoms with van der Waals surface area (Å²) in [4.78, 5) is 25.7. The fourth-order valence-corrected chi connectivity index (χ4v) is 5.57. The molecule has 156 valence electrons. The van der Waals surface area contributed by atoms with Gasteiger partial charge < -0.3 is 20.7 Å². The van der Waals surface area contributed by atoms with Crippen molar-refractivity contribution in [1.82, 2.24) is 10.6 Å². The Kier molecular flexibility index (Phi) is 4.65. The highest BCUT2D eigenvalue weighted by atomic mass is 16.5. The molecule has 1 spiro atoms. The average Bonchev–Trinajstić information content (AvgIpc) is 2.78.